The Morgan fingerprint density at radius 1 is 1.30 bits per heavy atom. The highest BCUT2D eigenvalue weighted by molar-refractivity contribution is 7.99. The molecule has 7 nitrogen and oxygen atoms in total. The Bertz CT molecular complexity index is 758. The van der Waals surface area contributed by atoms with Crippen LogP contribution in [0.25, 0.3) is 0 Å². The summed E-state index contributed by atoms with van der Waals surface area (Å²) in [5, 5.41) is 12.0. The van der Waals surface area contributed by atoms with Gasteiger partial charge in [0.2, 0.25) is 11.1 Å². The highest BCUT2D eigenvalue weighted by Gasteiger charge is 2.14. The molecule has 2 N–H and O–H groups in total. The maximum atomic E-state index is 11.8. The lowest BCUT2D eigenvalue weighted by Crippen LogP contribution is -2.28. The van der Waals surface area contributed by atoms with Gasteiger partial charge in [-0.05, 0) is 6.92 Å². The van der Waals surface area contributed by atoms with E-state index in [0.29, 0.717) is 10.9 Å². The topological polar surface area (TPSA) is 103 Å². The van der Waals surface area contributed by atoms with E-state index in [1.165, 1.54) is 22.0 Å². The van der Waals surface area contributed by atoms with Crippen LogP contribution >= 0.6 is 11.8 Å². The van der Waals surface area contributed by atoms with Crippen LogP contribution < -0.4 is 11.3 Å². The zero-order chi connectivity index (χ0) is 16.7. The van der Waals surface area contributed by atoms with E-state index in [4.69, 9.17) is 5.73 Å². The maximum Gasteiger partial charge on any atom is 0.296 e. The summed E-state index contributed by atoms with van der Waals surface area (Å²) in [7, 11) is 0. The van der Waals surface area contributed by atoms with Crippen molar-refractivity contribution >= 4 is 23.9 Å². The summed E-state index contributed by atoms with van der Waals surface area (Å²) < 4.78 is 1.19. The summed E-state index contributed by atoms with van der Waals surface area (Å²) in [5.41, 5.74) is 6.19. The third kappa shape index (κ3) is 5.03. The molecule has 0 bridgehead atoms. The number of carbonyl (C=O) groups excluding carboxylic acids is 1. The molecule has 0 unspecified atom stereocenters. The van der Waals surface area contributed by atoms with Gasteiger partial charge in [-0.15, -0.1) is 10.2 Å². The van der Waals surface area contributed by atoms with Crippen LogP contribution in [-0.2, 0) is 11.2 Å². The Hall–Kier alpha value is -2.48. The van der Waals surface area contributed by atoms with Crippen molar-refractivity contribution in [3.8, 4) is 0 Å². The first-order chi connectivity index (χ1) is 11.1. The number of thioether (sulfide) groups is 1. The molecule has 8 heteroatoms. The minimum atomic E-state index is -0.471. The molecular formula is C15H17N5O2S. The monoisotopic (exact) mass is 331 g/mol. The number of nitrogens with two attached hydrogens (primary N) is 1. The smallest absolute Gasteiger partial charge is 0.296 e. The molecule has 1 aromatic carbocycles. The fourth-order valence-corrected chi connectivity index (χ4v) is 2.39. The van der Waals surface area contributed by atoms with Crippen LogP contribution in [0, 0.1) is 6.92 Å². The lowest BCUT2D eigenvalue weighted by molar-refractivity contribution is -0.118. The predicted molar refractivity (Wildman–Crippen MR) is 89.6 cm³/mol. The molecule has 0 saturated heterocycles. The number of carbonyl (C=O) groups is 1. The van der Waals surface area contributed by atoms with Crippen LogP contribution in [0.1, 0.15) is 17.7 Å². The van der Waals surface area contributed by atoms with Crippen LogP contribution in [0.4, 0.5) is 0 Å². The van der Waals surface area contributed by atoms with Crippen LogP contribution in [-0.4, -0.2) is 32.7 Å². The maximum absolute atomic E-state index is 11.8. The van der Waals surface area contributed by atoms with Crippen molar-refractivity contribution in [3.63, 3.8) is 0 Å². The van der Waals surface area contributed by atoms with Crippen molar-refractivity contribution in [1.29, 1.82) is 0 Å². The Morgan fingerprint density at radius 2 is 2.04 bits per heavy atom. The Morgan fingerprint density at radius 3 is 2.65 bits per heavy atom. The molecule has 0 aliphatic carbocycles. The molecule has 120 valence electrons. The second-order valence-electron chi connectivity index (χ2n) is 4.78. The molecule has 0 atom stereocenters. The van der Waals surface area contributed by atoms with Gasteiger partial charge in [-0.2, -0.15) is 9.78 Å². The molecule has 23 heavy (non-hydrogen) atoms. The average Bonchev–Trinajstić information content (AvgIpc) is 2.56. The van der Waals surface area contributed by atoms with E-state index < -0.39 is 5.91 Å². The zero-order valence-electron chi connectivity index (χ0n) is 12.7. The van der Waals surface area contributed by atoms with Gasteiger partial charge in [0.05, 0.1) is 0 Å². The summed E-state index contributed by atoms with van der Waals surface area (Å²) in [5.74, 6) is 0.205. The quantitative estimate of drug-likeness (QED) is 0.903. The Balaban J connectivity index is 0.000000229. The number of hydrogen-bond acceptors (Lipinski definition) is 6. The van der Waals surface area contributed by atoms with Gasteiger partial charge >= 0.3 is 0 Å². The van der Waals surface area contributed by atoms with E-state index in [2.05, 4.69) is 34.4 Å². The number of aromatic nitrogens is 3. The minimum Gasteiger partial charge on any atom is -0.370 e. The normalized spacial score (nSPS) is 12.0. The zero-order valence-corrected chi connectivity index (χ0v) is 13.5. The molecule has 1 aromatic heterocycles. The first-order valence-corrected chi connectivity index (χ1v) is 8.00. The Kier molecular flexibility index (Phi) is 6.04. The van der Waals surface area contributed by atoms with Gasteiger partial charge in [-0.25, -0.2) is 0 Å². The lowest BCUT2D eigenvalue weighted by atomic mass is 10.2. The van der Waals surface area contributed by atoms with Crippen molar-refractivity contribution in [1.82, 2.24) is 14.9 Å². The lowest BCUT2D eigenvalue weighted by Gasteiger charge is -2.09. The predicted octanol–water partition coefficient (Wildman–Crippen LogP) is 0.991. The molecule has 0 radical (unpaired) electrons. The van der Waals surface area contributed by atoms with Gasteiger partial charge in [0.15, 0.2) is 0 Å². The third-order valence-corrected chi connectivity index (χ3v) is 3.74. The summed E-state index contributed by atoms with van der Waals surface area (Å²) in [6, 6.07) is 10.3. The van der Waals surface area contributed by atoms with E-state index >= 15 is 0 Å². The number of rotatable bonds is 3. The average molecular weight is 331 g/mol. The molecule has 2 heterocycles. The Labute approximate surface area is 137 Å². The molecule has 1 amide bonds. The standard InChI is InChI=1S/C8H9N5O2S.C7H8/c9-6(14)2-1-5-7(15)13-8(12-11-5)16-4-3-10-13;1-7-5-3-2-4-6-7/h3H,1-2,4H2,(H2,9,14);2-6H,1H3. The van der Waals surface area contributed by atoms with Gasteiger partial charge in [-0.1, -0.05) is 47.7 Å². The number of aryl methyl sites for hydroxylation is 2. The van der Waals surface area contributed by atoms with Crippen molar-refractivity contribution in [2.75, 3.05) is 5.75 Å². The van der Waals surface area contributed by atoms with E-state index in [-0.39, 0.29) is 24.1 Å². The molecular weight excluding hydrogens is 314 g/mol. The van der Waals surface area contributed by atoms with E-state index in [1.807, 2.05) is 18.2 Å². The fraction of sp³-hybridized carbons (Fsp3) is 0.267. The first-order valence-electron chi connectivity index (χ1n) is 7.02. The number of hydrogen-bond donors (Lipinski definition) is 1. The second kappa shape index (κ2) is 8.23. The fourth-order valence-electron chi connectivity index (χ4n) is 1.75. The second-order valence-corrected chi connectivity index (χ2v) is 5.76. The van der Waals surface area contributed by atoms with Crippen molar-refractivity contribution < 1.29 is 4.79 Å². The largest absolute Gasteiger partial charge is 0.370 e. The van der Waals surface area contributed by atoms with Crippen LogP contribution in [0.3, 0.4) is 0 Å². The first kappa shape index (κ1) is 16.9. The van der Waals surface area contributed by atoms with E-state index in [0.717, 1.165) is 0 Å². The van der Waals surface area contributed by atoms with Crippen LogP contribution in [0.15, 0.2) is 45.4 Å². The SMILES string of the molecule is Cc1ccccc1.NC(=O)CCc1nnc2n(c1=O)N=CCS2. The van der Waals surface area contributed by atoms with Gasteiger partial charge in [0, 0.05) is 24.8 Å². The number of primary amides is 1. The number of benzene rings is 1. The molecule has 2 aromatic rings. The molecule has 3 rings (SSSR count). The van der Waals surface area contributed by atoms with Gasteiger partial charge in [0.25, 0.3) is 5.56 Å². The highest BCUT2D eigenvalue weighted by Crippen LogP contribution is 2.14. The molecule has 1 aliphatic rings. The van der Waals surface area contributed by atoms with Gasteiger partial charge < -0.3 is 5.73 Å². The molecule has 0 fully saturated rings. The van der Waals surface area contributed by atoms with Gasteiger partial charge in [-0.3, -0.25) is 9.59 Å². The van der Waals surface area contributed by atoms with E-state index in [9.17, 15) is 9.59 Å². The summed E-state index contributed by atoms with van der Waals surface area (Å²) in [6.07, 6.45) is 1.90. The minimum absolute atomic E-state index is 0.0835. The van der Waals surface area contributed by atoms with Crippen molar-refractivity contribution in [2.45, 2.75) is 24.9 Å². The van der Waals surface area contributed by atoms with Crippen molar-refractivity contribution in [2.24, 2.45) is 10.8 Å². The highest BCUT2D eigenvalue weighted by atomic mass is 32.2. The van der Waals surface area contributed by atoms with Crippen LogP contribution in [0.2, 0.25) is 0 Å². The summed E-state index contributed by atoms with van der Waals surface area (Å²) in [6.45, 7) is 2.08. The number of fused-ring (bicyclic) bond motifs is 1. The third-order valence-electron chi connectivity index (χ3n) is 2.91. The summed E-state index contributed by atoms with van der Waals surface area (Å²) >= 11 is 1.38. The number of amides is 1. The summed E-state index contributed by atoms with van der Waals surface area (Å²) in [4.78, 5) is 22.4. The van der Waals surface area contributed by atoms with Crippen LogP contribution in [0.5, 0.6) is 0 Å². The van der Waals surface area contributed by atoms with E-state index in [1.54, 1.807) is 6.21 Å². The molecule has 0 spiro atoms. The van der Waals surface area contributed by atoms with Crippen molar-refractivity contribution in [3.05, 3.63) is 51.9 Å². The molecule has 0 saturated carbocycles. The molecule has 1 aliphatic heterocycles. The van der Waals surface area contributed by atoms with Gasteiger partial charge in [0.1, 0.15) is 5.69 Å². The number of nitrogens with zero attached hydrogens (tertiary/aromatic N) is 4.